The maximum atomic E-state index is 12.6. The molecule has 0 aliphatic heterocycles. The van der Waals surface area contributed by atoms with Crippen LogP contribution in [0, 0.1) is 0 Å². The first-order valence-corrected chi connectivity index (χ1v) is 9.12. The second-order valence-corrected chi connectivity index (χ2v) is 5.97. The lowest BCUT2D eigenvalue weighted by molar-refractivity contribution is 0.0696. The van der Waals surface area contributed by atoms with E-state index in [4.69, 9.17) is 19.3 Å². The van der Waals surface area contributed by atoms with Gasteiger partial charge in [-0.2, -0.15) is 0 Å². The molecular weight excluding hydrogens is 362 g/mol. The summed E-state index contributed by atoms with van der Waals surface area (Å²) in [6.07, 6.45) is 1.95. The molecule has 0 heterocycles. The number of unbranched alkanes of at least 4 members (excludes halogenated alkanes) is 1. The zero-order valence-corrected chi connectivity index (χ0v) is 16.3. The quantitative estimate of drug-likeness (QED) is 0.593. The second-order valence-electron chi connectivity index (χ2n) is 5.97. The third-order valence-corrected chi connectivity index (χ3v) is 3.96. The molecule has 0 bridgehead atoms. The highest BCUT2D eigenvalue weighted by atomic mass is 16.5. The molecule has 0 unspecified atom stereocenters. The van der Waals surface area contributed by atoms with Gasteiger partial charge in [-0.05, 0) is 49.7 Å². The number of carboxylic acids is 1. The summed E-state index contributed by atoms with van der Waals surface area (Å²) in [4.78, 5) is 23.7. The fourth-order valence-electron chi connectivity index (χ4n) is 2.49. The summed E-state index contributed by atoms with van der Waals surface area (Å²) in [5.41, 5.74) is 0.830. The molecule has 0 aliphatic carbocycles. The molecule has 2 aromatic carbocycles. The third kappa shape index (κ3) is 5.39. The number of anilines is 1. The zero-order valence-electron chi connectivity index (χ0n) is 16.3. The van der Waals surface area contributed by atoms with Gasteiger partial charge in [0.25, 0.3) is 5.91 Å². The lowest BCUT2D eigenvalue weighted by Gasteiger charge is -2.14. The Kier molecular flexibility index (Phi) is 7.68. The number of nitrogens with one attached hydrogen (secondary N) is 1. The Hall–Kier alpha value is -3.22. The number of methoxy groups -OCH3 is 1. The number of carboxylic acid groups (broad SMARTS) is 1. The predicted octanol–water partition coefficient (Wildman–Crippen LogP) is 4.22. The van der Waals surface area contributed by atoms with Gasteiger partial charge in [0.15, 0.2) is 11.5 Å². The van der Waals surface area contributed by atoms with E-state index in [2.05, 4.69) is 12.2 Å². The smallest absolute Gasteiger partial charge is 0.335 e. The van der Waals surface area contributed by atoms with E-state index in [-0.39, 0.29) is 17.2 Å². The van der Waals surface area contributed by atoms with Crippen molar-refractivity contribution in [1.29, 1.82) is 0 Å². The Morgan fingerprint density at radius 3 is 2.32 bits per heavy atom. The van der Waals surface area contributed by atoms with E-state index in [0.717, 1.165) is 12.8 Å². The lowest BCUT2D eigenvalue weighted by atomic mass is 10.1. The van der Waals surface area contributed by atoms with E-state index >= 15 is 0 Å². The predicted molar refractivity (Wildman–Crippen MR) is 106 cm³/mol. The summed E-state index contributed by atoms with van der Waals surface area (Å²) in [6.45, 7) is 4.96. The van der Waals surface area contributed by atoms with E-state index in [1.165, 1.54) is 25.3 Å². The van der Waals surface area contributed by atoms with Gasteiger partial charge in [-0.15, -0.1) is 0 Å². The normalized spacial score (nSPS) is 10.2. The molecule has 7 nitrogen and oxygen atoms in total. The van der Waals surface area contributed by atoms with Crippen molar-refractivity contribution in [3.63, 3.8) is 0 Å². The molecule has 0 saturated carbocycles. The average Bonchev–Trinajstić information content (AvgIpc) is 2.69. The summed E-state index contributed by atoms with van der Waals surface area (Å²) < 4.78 is 16.5. The van der Waals surface area contributed by atoms with Crippen LogP contribution in [0.4, 0.5) is 5.69 Å². The van der Waals surface area contributed by atoms with Crippen LogP contribution in [0.25, 0.3) is 0 Å². The Bertz CT molecular complexity index is 834. The standard InChI is InChI=1S/C21H25NO6/c1-4-6-11-28-17-10-8-14(12-19(17)27-5-2)20(23)22-16-9-7-15(21(24)25)13-18(16)26-3/h7-10,12-13H,4-6,11H2,1-3H3,(H,22,23)(H,24,25). The molecule has 0 atom stereocenters. The van der Waals surface area contributed by atoms with Crippen LogP contribution in [-0.4, -0.2) is 37.3 Å². The molecule has 150 valence electrons. The van der Waals surface area contributed by atoms with Gasteiger partial charge in [-0.25, -0.2) is 4.79 Å². The molecule has 0 aromatic heterocycles. The zero-order chi connectivity index (χ0) is 20.5. The second kappa shape index (κ2) is 10.2. The fraction of sp³-hybridized carbons (Fsp3) is 0.333. The van der Waals surface area contributed by atoms with Gasteiger partial charge < -0.3 is 24.6 Å². The minimum absolute atomic E-state index is 0.0714. The molecule has 2 N–H and O–H groups in total. The van der Waals surface area contributed by atoms with Crippen LogP contribution in [0.1, 0.15) is 47.4 Å². The molecule has 28 heavy (non-hydrogen) atoms. The van der Waals surface area contributed by atoms with E-state index in [1.54, 1.807) is 18.2 Å². The number of hydrogen-bond donors (Lipinski definition) is 2. The van der Waals surface area contributed by atoms with Crippen molar-refractivity contribution in [2.45, 2.75) is 26.7 Å². The van der Waals surface area contributed by atoms with Crippen molar-refractivity contribution in [2.75, 3.05) is 25.6 Å². The van der Waals surface area contributed by atoms with E-state index in [1.807, 2.05) is 6.92 Å². The van der Waals surface area contributed by atoms with Crippen molar-refractivity contribution >= 4 is 17.6 Å². The number of carbonyl (C=O) groups is 2. The number of ether oxygens (including phenoxy) is 3. The van der Waals surface area contributed by atoms with E-state index < -0.39 is 5.97 Å². The molecule has 2 rings (SSSR count). The van der Waals surface area contributed by atoms with Crippen LogP contribution in [0.5, 0.6) is 17.2 Å². The molecule has 0 spiro atoms. The molecule has 2 aromatic rings. The van der Waals surface area contributed by atoms with Crippen LogP contribution in [0.15, 0.2) is 36.4 Å². The van der Waals surface area contributed by atoms with Crippen LogP contribution < -0.4 is 19.5 Å². The Balaban J connectivity index is 2.21. The maximum absolute atomic E-state index is 12.6. The van der Waals surface area contributed by atoms with Crippen molar-refractivity contribution in [3.05, 3.63) is 47.5 Å². The Morgan fingerprint density at radius 2 is 1.68 bits per heavy atom. The molecule has 0 radical (unpaired) electrons. The first-order valence-electron chi connectivity index (χ1n) is 9.12. The maximum Gasteiger partial charge on any atom is 0.335 e. The minimum Gasteiger partial charge on any atom is -0.495 e. The molecular formula is C21H25NO6. The summed E-state index contributed by atoms with van der Waals surface area (Å²) >= 11 is 0. The molecule has 0 saturated heterocycles. The minimum atomic E-state index is -1.07. The van der Waals surface area contributed by atoms with Gasteiger partial charge in [-0.3, -0.25) is 4.79 Å². The van der Waals surface area contributed by atoms with Gasteiger partial charge in [0, 0.05) is 5.56 Å². The monoisotopic (exact) mass is 387 g/mol. The first-order chi connectivity index (χ1) is 13.5. The number of carbonyl (C=O) groups excluding carboxylic acids is 1. The molecule has 0 fully saturated rings. The average molecular weight is 387 g/mol. The van der Waals surface area contributed by atoms with Crippen molar-refractivity contribution in [3.8, 4) is 17.2 Å². The Labute approximate surface area is 164 Å². The number of rotatable bonds is 10. The molecule has 0 aliphatic rings. The van der Waals surface area contributed by atoms with Gasteiger partial charge in [0.05, 0.1) is 31.6 Å². The third-order valence-electron chi connectivity index (χ3n) is 3.96. The van der Waals surface area contributed by atoms with Crippen molar-refractivity contribution in [1.82, 2.24) is 0 Å². The summed E-state index contributed by atoms with van der Waals surface area (Å²) in [5, 5.41) is 11.8. The molecule has 1 amide bonds. The van der Waals surface area contributed by atoms with Gasteiger partial charge >= 0.3 is 5.97 Å². The largest absolute Gasteiger partial charge is 0.495 e. The Morgan fingerprint density at radius 1 is 0.964 bits per heavy atom. The fourth-order valence-corrected chi connectivity index (χ4v) is 2.49. The highest BCUT2D eigenvalue weighted by molar-refractivity contribution is 6.05. The van der Waals surface area contributed by atoms with E-state index in [9.17, 15) is 9.59 Å². The highest BCUT2D eigenvalue weighted by Crippen LogP contribution is 2.30. The van der Waals surface area contributed by atoms with Gasteiger partial charge in [0.1, 0.15) is 5.75 Å². The number of amides is 1. The van der Waals surface area contributed by atoms with Crippen LogP contribution >= 0.6 is 0 Å². The van der Waals surface area contributed by atoms with Crippen LogP contribution in [-0.2, 0) is 0 Å². The number of aromatic carboxylic acids is 1. The highest BCUT2D eigenvalue weighted by Gasteiger charge is 2.15. The van der Waals surface area contributed by atoms with Gasteiger partial charge in [0.2, 0.25) is 0 Å². The summed E-state index contributed by atoms with van der Waals surface area (Å²) in [7, 11) is 1.41. The van der Waals surface area contributed by atoms with Crippen molar-refractivity contribution in [2.24, 2.45) is 0 Å². The summed E-state index contributed by atoms with van der Waals surface area (Å²) in [6, 6.07) is 9.23. The van der Waals surface area contributed by atoms with Crippen LogP contribution in [0.2, 0.25) is 0 Å². The van der Waals surface area contributed by atoms with Crippen molar-refractivity contribution < 1.29 is 28.9 Å². The lowest BCUT2D eigenvalue weighted by Crippen LogP contribution is -2.13. The summed E-state index contributed by atoms with van der Waals surface area (Å²) in [5.74, 6) is -0.0916. The number of benzene rings is 2. The van der Waals surface area contributed by atoms with E-state index in [0.29, 0.717) is 36.0 Å². The van der Waals surface area contributed by atoms with Gasteiger partial charge in [-0.1, -0.05) is 13.3 Å². The first kappa shape index (κ1) is 21.1. The number of hydrogen-bond acceptors (Lipinski definition) is 5. The molecule has 7 heteroatoms. The SMILES string of the molecule is CCCCOc1ccc(C(=O)Nc2ccc(C(=O)O)cc2OC)cc1OCC. The topological polar surface area (TPSA) is 94.1 Å². The van der Waals surface area contributed by atoms with Crippen LogP contribution in [0.3, 0.4) is 0 Å².